The molecule has 2 aromatic rings. The summed E-state index contributed by atoms with van der Waals surface area (Å²) in [5.74, 6) is 0. The van der Waals surface area contributed by atoms with Crippen LogP contribution in [0, 0.1) is 0 Å². The van der Waals surface area contributed by atoms with E-state index in [-0.39, 0.29) is 0 Å². The molecule has 2 nitrogen and oxygen atoms in total. The zero-order valence-corrected chi connectivity index (χ0v) is 11.8. The van der Waals surface area contributed by atoms with Crippen molar-refractivity contribution >= 4 is 10.8 Å². The highest BCUT2D eigenvalue weighted by atomic mass is 16.3. The van der Waals surface area contributed by atoms with Gasteiger partial charge in [0.25, 0.3) is 0 Å². The van der Waals surface area contributed by atoms with E-state index < -0.39 is 6.10 Å². The van der Waals surface area contributed by atoms with Gasteiger partial charge in [0.15, 0.2) is 0 Å². The molecule has 1 aliphatic carbocycles. The molecule has 1 N–H and O–H groups in total. The van der Waals surface area contributed by atoms with Gasteiger partial charge in [-0.25, -0.2) is 0 Å². The van der Waals surface area contributed by atoms with Gasteiger partial charge in [0.1, 0.15) is 6.10 Å². The first-order valence-corrected chi connectivity index (χ1v) is 7.57. The highest BCUT2D eigenvalue weighted by Crippen LogP contribution is 2.31. The molecule has 0 radical (unpaired) electrons. The third-order valence-corrected chi connectivity index (χ3v) is 4.14. The van der Waals surface area contributed by atoms with Crippen LogP contribution in [0.4, 0.5) is 0 Å². The minimum Gasteiger partial charge on any atom is -0.382 e. The van der Waals surface area contributed by atoms with E-state index in [9.17, 15) is 5.11 Å². The van der Waals surface area contributed by atoms with Crippen LogP contribution < -0.4 is 0 Å². The maximum atomic E-state index is 10.7. The van der Waals surface area contributed by atoms with Crippen LogP contribution in [0.5, 0.6) is 0 Å². The van der Waals surface area contributed by atoms with Crippen molar-refractivity contribution in [3.63, 3.8) is 0 Å². The van der Waals surface area contributed by atoms with Crippen molar-refractivity contribution in [1.82, 2.24) is 4.98 Å². The number of aliphatic hydroxyl groups excluding tert-OH is 1. The highest BCUT2D eigenvalue weighted by molar-refractivity contribution is 5.84. The molecule has 0 saturated carbocycles. The molecule has 2 heteroatoms. The lowest BCUT2D eigenvalue weighted by Gasteiger charge is -2.18. The normalized spacial score (nSPS) is 20.8. The van der Waals surface area contributed by atoms with Crippen molar-refractivity contribution in [2.24, 2.45) is 0 Å². The van der Waals surface area contributed by atoms with E-state index in [2.05, 4.69) is 17.1 Å². The molecule has 0 saturated heterocycles. The zero-order chi connectivity index (χ0) is 13.8. The van der Waals surface area contributed by atoms with Crippen molar-refractivity contribution in [1.29, 1.82) is 0 Å². The Morgan fingerprint density at radius 1 is 1.00 bits per heavy atom. The molecular formula is C18H21NO. The summed E-state index contributed by atoms with van der Waals surface area (Å²) in [7, 11) is 0. The van der Waals surface area contributed by atoms with Crippen LogP contribution in [0.3, 0.4) is 0 Å². The Hall–Kier alpha value is -1.67. The SMILES string of the molecule is OC(/C1=C/CCCCCC1)c1nccc2ccccc12. The van der Waals surface area contributed by atoms with Gasteiger partial charge < -0.3 is 5.11 Å². The van der Waals surface area contributed by atoms with E-state index in [1.165, 1.54) is 25.7 Å². The average molecular weight is 267 g/mol. The molecule has 0 bridgehead atoms. The van der Waals surface area contributed by atoms with Gasteiger partial charge in [0.2, 0.25) is 0 Å². The van der Waals surface area contributed by atoms with E-state index in [1.54, 1.807) is 6.20 Å². The second kappa shape index (κ2) is 6.19. The van der Waals surface area contributed by atoms with Gasteiger partial charge in [0, 0.05) is 11.6 Å². The van der Waals surface area contributed by atoms with E-state index in [0.29, 0.717) is 0 Å². The van der Waals surface area contributed by atoms with Crippen LogP contribution in [-0.4, -0.2) is 10.1 Å². The Morgan fingerprint density at radius 3 is 2.80 bits per heavy atom. The maximum absolute atomic E-state index is 10.7. The lowest BCUT2D eigenvalue weighted by molar-refractivity contribution is 0.206. The minimum absolute atomic E-state index is 0.556. The number of rotatable bonds is 2. The predicted molar refractivity (Wildman–Crippen MR) is 82.5 cm³/mol. The van der Waals surface area contributed by atoms with Crippen molar-refractivity contribution < 1.29 is 5.11 Å². The number of benzene rings is 1. The van der Waals surface area contributed by atoms with Crippen molar-refractivity contribution in [3.8, 4) is 0 Å². The summed E-state index contributed by atoms with van der Waals surface area (Å²) in [6.45, 7) is 0. The minimum atomic E-state index is -0.556. The first-order valence-electron chi connectivity index (χ1n) is 7.57. The molecule has 0 amide bonds. The molecule has 0 fully saturated rings. The lowest BCUT2D eigenvalue weighted by atomic mass is 9.93. The summed E-state index contributed by atoms with van der Waals surface area (Å²) >= 11 is 0. The fourth-order valence-electron chi connectivity index (χ4n) is 3.00. The topological polar surface area (TPSA) is 33.1 Å². The molecule has 104 valence electrons. The number of hydrogen-bond donors (Lipinski definition) is 1. The summed E-state index contributed by atoms with van der Waals surface area (Å²) in [4.78, 5) is 4.45. The Labute approximate surface area is 120 Å². The number of aliphatic hydroxyl groups is 1. The predicted octanol–water partition coefficient (Wildman–Crippen LogP) is 4.55. The van der Waals surface area contributed by atoms with Crippen LogP contribution in [0.1, 0.15) is 50.3 Å². The summed E-state index contributed by atoms with van der Waals surface area (Å²) in [6, 6.07) is 10.1. The second-order valence-corrected chi connectivity index (χ2v) is 5.55. The summed E-state index contributed by atoms with van der Waals surface area (Å²) in [5, 5.41) is 12.9. The maximum Gasteiger partial charge on any atom is 0.118 e. The Balaban J connectivity index is 1.97. The first kappa shape index (κ1) is 13.3. The van der Waals surface area contributed by atoms with Gasteiger partial charge in [0.05, 0.1) is 5.69 Å². The molecular weight excluding hydrogens is 246 g/mol. The molecule has 3 rings (SSSR count). The van der Waals surface area contributed by atoms with E-state index in [4.69, 9.17) is 0 Å². The van der Waals surface area contributed by atoms with Crippen LogP contribution in [0.2, 0.25) is 0 Å². The van der Waals surface area contributed by atoms with Gasteiger partial charge in [-0.3, -0.25) is 4.98 Å². The molecule has 1 aromatic carbocycles. The number of nitrogens with zero attached hydrogens (tertiary/aromatic N) is 1. The second-order valence-electron chi connectivity index (χ2n) is 5.55. The number of aromatic nitrogens is 1. The summed E-state index contributed by atoms with van der Waals surface area (Å²) in [5.41, 5.74) is 1.95. The zero-order valence-electron chi connectivity index (χ0n) is 11.8. The molecule has 1 aromatic heterocycles. The van der Waals surface area contributed by atoms with Gasteiger partial charge >= 0.3 is 0 Å². The first-order chi connectivity index (χ1) is 9.86. The van der Waals surface area contributed by atoms with Crippen LogP contribution in [-0.2, 0) is 0 Å². The molecule has 20 heavy (non-hydrogen) atoms. The number of fused-ring (bicyclic) bond motifs is 1. The summed E-state index contributed by atoms with van der Waals surface area (Å²) in [6.07, 6.45) is 10.5. The van der Waals surface area contributed by atoms with Crippen molar-refractivity contribution in [2.45, 2.75) is 44.6 Å². The number of hydrogen-bond acceptors (Lipinski definition) is 2. The monoisotopic (exact) mass is 267 g/mol. The Bertz CT molecular complexity index is 612. The number of allylic oxidation sites excluding steroid dienone is 1. The van der Waals surface area contributed by atoms with Gasteiger partial charge in [-0.1, -0.05) is 43.2 Å². The van der Waals surface area contributed by atoms with E-state index in [1.807, 2.05) is 24.3 Å². The lowest BCUT2D eigenvalue weighted by Crippen LogP contribution is -2.06. The van der Waals surface area contributed by atoms with Crippen LogP contribution in [0.15, 0.2) is 48.2 Å². The third kappa shape index (κ3) is 2.75. The Kier molecular flexibility index (Phi) is 4.12. The molecule has 0 spiro atoms. The van der Waals surface area contributed by atoms with Crippen molar-refractivity contribution in [2.75, 3.05) is 0 Å². The molecule has 0 aliphatic heterocycles. The van der Waals surface area contributed by atoms with Gasteiger partial charge in [-0.15, -0.1) is 0 Å². The van der Waals surface area contributed by atoms with E-state index >= 15 is 0 Å². The fraction of sp³-hybridized carbons (Fsp3) is 0.389. The van der Waals surface area contributed by atoms with Gasteiger partial charge in [-0.05, 0) is 42.7 Å². The van der Waals surface area contributed by atoms with Crippen LogP contribution >= 0.6 is 0 Å². The average Bonchev–Trinajstić information content (AvgIpc) is 2.46. The standard InChI is InChI=1S/C18H21NO/c20-18(15-9-4-2-1-3-5-10-15)17-16-11-7-6-8-14(16)12-13-19-17/h6-9,11-13,18,20H,1-5,10H2/b15-9+. The highest BCUT2D eigenvalue weighted by Gasteiger charge is 2.17. The third-order valence-electron chi connectivity index (χ3n) is 4.14. The fourth-order valence-corrected chi connectivity index (χ4v) is 3.00. The van der Waals surface area contributed by atoms with E-state index in [0.717, 1.165) is 34.9 Å². The quantitative estimate of drug-likeness (QED) is 0.810. The van der Waals surface area contributed by atoms with Crippen molar-refractivity contribution in [3.05, 3.63) is 53.9 Å². The molecule has 1 unspecified atom stereocenters. The molecule has 1 heterocycles. The molecule has 1 atom stereocenters. The Morgan fingerprint density at radius 2 is 1.85 bits per heavy atom. The molecule has 1 aliphatic rings. The smallest absolute Gasteiger partial charge is 0.118 e. The largest absolute Gasteiger partial charge is 0.382 e. The number of pyridine rings is 1. The van der Waals surface area contributed by atoms with Gasteiger partial charge in [-0.2, -0.15) is 0 Å². The summed E-state index contributed by atoms with van der Waals surface area (Å²) < 4.78 is 0. The van der Waals surface area contributed by atoms with Crippen LogP contribution in [0.25, 0.3) is 10.8 Å².